The zero-order valence-corrected chi connectivity index (χ0v) is 11.8. The standard InChI is InChI=1S/C11H14ClNO5S/c1-2-13(5-6-14)19(17,18)8-3-4-9(11(15)16)10(12)7-8/h3-4,7,14H,2,5-6H2,1H3,(H,15,16). The summed E-state index contributed by atoms with van der Waals surface area (Å²) in [6, 6.07) is 3.43. The van der Waals surface area contributed by atoms with Gasteiger partial charge in [-0.05, 0) is 18.2 Å². The van der Waals surface area contributed by atoms with Gasteiger partial charge in [0, 0.05) is 13.1 Å². The number of hydrogen-bond donors (Lipinski definition) is 2. The highest BCUT2D eigenvalue weighted by molar-refractivity contribution is 7.89. The Labute approximate surface area is 116 Å². The first-order valence-electron chi connectivity index (χ1n) is 5.48. The fourth-order valence-electron chi connectivity index (χ4n) is 1.54. The normalized spacial score (nSPS) is 11.8. The lowest BCUT2D eigenvalue weighted by Gasteiger charge is -2.19. The van der Waals surface area contributed by atoms with Crippen LogP contribution in [0.2, 0.25) is 5.02 Å². The molecule has 2 N–H and O–H groups in total. The number of aliphatic hydroxyl groups excluding tert-OH is 1. The smallest absolute Gasteiger partial charge is 0.337 e. The second-order valence-corrected chi connectivity index (χ2v) is 6.01. The molecule has 1 rings (SSSR count). The highest BCUT2D eigenvalue weighted by Crippen LogP contribution is 2.23. The van der Waals surface area contributed by atoms with Crippen LogP contribution in [0.3, 0.4) is 0 Å². The van der Waals surface area contributed by atoms with Crippen LogP contribution < -0.4 is 0 Å². The summed E-state index contributed by atoms with van der Waals surface area (Å²) in [4.78, 5) is 10.7. The molecule has 0 atom stereocenters. The van der Waals surface area contributed by atoms with Crippen molar-refractivity contribution in [2.24, 2.45) is 0 Å². The second-order valence-electron chi connectivity index (χ2n) is 3.67. The number of halogens is 1. The first kappa shape index (κ1) is 15.9. The monoisotopic (exact) mass is 307 g/mol. The maximum atomic E-state index is 12.2. The number of aliphatic hydroxyl groups is 1. The summed E-state index contributed by atoms with van der Waals surface area (Å²) in [5.74, 6) is -1.23. The molecular formula is C11H14ClNO5S. The summed E-state index contributed by atoms with van der Waals surface area (Å²) in [7, 11) is -3.78. The van der Waals surface area contributed by atoms with E-state index >= 15 is 0 Å². The Bertz CT molecular complexity index is 572. The van der Waals surface area contributed by atoms with Gasteiger partial charge in [0.2, 0.25) is 10.0 Å². The van der Waals surface area contributed by atoms with Crippen molar-refractivity contribution >= 4 is 27.6 Å². The lowest BCUT2D eigenvalue weighted by molar-refractivity contribution is 0.0697. The maximum Gasteiger partial charge on any atom is 0.337 e. The number of carboxylic acid groups (broad SMARTS) is 1. The van der Waals surface area contributed by atoms with Gasteiger partial charge in [-0.25, -0.2) is 13.2 Å². The third-order valence-corrected chi connectivity index (χ3v) is 4.79. The van der Waals surface area contributed by atoms with Crippen molar-refractivity contribution in [2.75, 3.05) is 19.7 Å². The summed E-state index contributed by atoms with van der Waals surface area (Å²) >= 11 is 5.74. The number of carboxylic acids is 1. The van der Waals surface area contributed by atoms with Gasteiger partial charge in [-0.1, -0.05) is 18.5 Å². The van der Waals surface area contributed by atoms with E-state index in [1.165, 1.54) is 6.07 Å². The molecule has 0 fully saturated rings. The average Bonchev–Trinajstić information content (AvgIpc) is 2.34. The minimum absolute atomic E-state index is 0.0306. The summed E-state index contributed by atoms with van der Waals surface area (Å²) in [5.41, 5.74) is -0.161. The number of aromatic carboxylic acids is 1. The molecule has 8 heteroatoms. The van der Waals surface area contributed by atoms with Gasteiger partial charge >= 0.3 is 5.97 Å². The van der Waals surface area contributed by atoms with Gasteiger partial charge < -0.3 is 10.2 Å². The Morgan fingerprint density at radius 3 is 2.47 bits per heavy atom. The zero-order valence-electron chi connectivity index (χ0n) is 10.2. The Hall–Kier alpha value is -1.15. The molecule has 0 amide bonds. The molecular weight excluding hydrogens is 294 g/mol. The first-order chi connectivity index (χ1) is 8.84. The minimum atomic E-state index is -3.78. The molecule has 0 aromatic heterocycles. The lowest BCUT2D eigenvalue weighted by Crippen LogP contribution is -2.33. The van der Waals surface area contributed by atoms with E-state index in [0.29, 0.717) is 0 Å². The minimum Gasteiger partial charge on any atom is -0.478 e. The third kappa shape index (κ3) is 3.44. The number of likely N-dealkylation sites (N-methyl/N-ethyl adjacent to an activating group) is 1. The summed E-state index contributed by atoms with van der Waals surface area (Å²) < 4.78 is 25.5. The van der Waals surface area contributed by atoms with Gasteiger partial charge in [0.05, 0.1) is 22.1 Å². The second kappa shape index (κ2) is 6.33. The highest BCUT2D eigenvalue weighted by Gasteiger charge is 2.24. The van der Waals surface area contributed by atoms with Gasteiger partial charge in [-0.2, -0.15) is 4.31 Å². The predicted octanol–water partition coefficient (Wildman–Crippen LogP) is 1.04. The van der Waals surface area contributed by atoms with Crippen LogP contribution in [0, 0.1) is 0 Å². The number of hydrogen-bond acceptors (Lipinski definition) is 4. The van der Waals surface area contributed by atoms with Gasteiger partial charge in [-0.3, -0.25) is 0 Å². The molecule has 106 valence electrons. The quantitative estimate of drug-likeness (QED) is 0.819. The van der Waals surface area contributed by atoms with Crippen LogP contribution in [0.4, 0.5) is 0 Å². The molecule has 0 aliphatic rings. The van der Waals surface area contributed by atoms with Crippen molar-refractivity contribution in [3.63, 3.8) is 0 Å². The van der Waals surface area contributed by atoms with Crippen molar-refractivity contribution in [3.8, 4) is 0 Å². The van der Waals surface area contributed by atoms with Crippen LogP contribution in [0.25, 0.3) is 0 Å². The lowest BCUT2D eigenvalue weighted by atomic mass is 10.2. The van der Waals surface area contributed by atoms with Crippen molar-refractivity contribution in [1.82, 2.24) is 4.31 Å². The SMILES string of the molecule is CCN(CCO)S(=O)(=O)c1ccc(C(=O)O)c(Cl)c1. The van der Waals surface area contributed by atoms with Crippen molar-refractivity contribution in [3.05, 3.63) is 28.8 Å². The molecule has 0 bridgehead atoms. The van der Waals surface area contributed by atoms with E-state index in [9.17, 15) is 13.2 Å². The molecule has 0 saturated carbocycles. The third-order valence-electron chi connectivity index (χ3n) is 2.51. The molecule has 6 nitrogen and oxygen atoms in total. The number of benzene rings is 1. The van der Waals surface area contributed by atoms with Crippen molar-refractivity contribution in [2.45, 2.75) is 11.8 Å². The summed E-state index contributed by atoms with van der Waals surface area (Å²) in [5, 5.41) is 17.5. The molecule has 19 heavy (non-hydrogen) atoms. The van der Waals surface area contributed by atoms with Gasteiger partial charge in [-0.15, -0.1) is 0 Å². The first-order valence-corrected chi connectivity index (χ1v) is 7.30. The maximum absolute atomic E-state index is 12.2. The zero-order chi connectivity index (χ0) is 14.6. The average molecular weight is 308 g/mol. The van der Waals surface area contributed by atoms with Gasteiger partial charge in [0.15, 0.2) is 0 Å². The molecule has 1 aromatic carbocycles. The molecule has 0 radical (unpaired) electrons. The van der Waals surface area contributed by atoms with Crippen LogP contribution in [0.5, 0.6) is 0 Å². The van der Waals surface area contributed by atoms with E-state index < -0.39 is 16.0 Å². The van der Waals surface area contributed by atoms with Crippen LogP contribution in [0.15, 0.2) is 23.1 Å². The number of rotatable bonds is 6. The van der Waals surface area contributed by atoms with Crippen LogP contribution >= 0.6 is 11.6 Å². The van der Waals surface area contributed by atoms with E-state index in [4.69, 9.17) is 21.8 Å². The van der Waals surface area contributed by atoms with Crippen LogP contribution in [-0.2, 0) is 10.0 Å². The van der Waals surface area contributed by atoms with E-state index in [0.717, 1.165) is 16.4 Å². The van der Waals surface area contributed by atoms with Crippen molar-refractivity contribution < 1.29 is 23.4 Å². The molecule has 0 unspecified atom stereocenters. The molecule has 0 aliphatic heterocycles. The van der Waals surface area contributed by atoms with Gasteiger partial charge in [0.25, 0.3) is 0 Å². The Morgan fingerprint density at radius 1 is 1.42 bits per heavy atom. The topological polar surface area (TPSA) is 94.9 Å². The molecule has 0 aliphatic carbocycles. The Kier molecular flexibility index (Phi) is 5.30. The highest BCUT2D eigenvalue weighted by atomic mass is 35.5. The van der Waals surface area contributed by atoms with E-state index in [-0.39, 0.29) is 35.2 Å². The summed E-state index contributed by atoms with van der Waals surface area (Å²) in [6.45, 7) is 1.51. The summed E-state index contributed by atoms with van der Waals surface area (Å²) in [6.07, 6.45) is 0. The van der Waals surface area contributed by atoms with E-state index in [1.807, 2.05) is 0 Å². The van der Waals surface area contributed by atoms with Crippen molar-refractivity contribution in [1.29, 1.82) is 0 Å². The number of sulfonamides is 1. The molecule has 0 heterocycles. The fourth-order valence-corrected chi connectivity index (χ4v) is 3.33. The number of nitrogens with zero attached hydrogens (tertiary/aromatic N) is 1. The predicted molar refractivity (Wildman–Crippen MR) is 69.9 cm³/mol. The van der Waals surface area contributed by atoms with Crippen LogP contribution in [-0.4, -0.2) is 48.6 Å². The van der Waals surface area contributed by atoms with Gasteiger partial charge in [0.1, 0.15) is 0 Å². The van der Waals surface area contributed by atoms with Crippen LogP contribution in [0.1, 0.15) is 17.3 Å². The van der Waals surface area contributed by atoms with E-state index in [1.54, 1.807) is 6.92 Å². The number of carbonyl (C=O) groups is 1. The largest absolute Gasteiger partial charge is 0.478 e. The molecule has 1 aromatic rings. The molecule has 0 spiro atoms. The Morgan fingerprint density at radius 2 is 2.05 bits per heavy atom. The Balaban J connectivity index is 3.22. The fraction of sp³-hybridized carbons (Fsp3) is 0.364. The molecule has 0 saturated heterocycles. The van der Waals surface area contributed by atoms with E-state index in [2.05, 4.69) is 0 Å².